The third-order valence-corrected chi connectivity index (χ3v) is 4.55. The van der Waals surface area contributed by atoms with Gasteiger partial charge < -0.3 is 14.8 Å². The quantitative estimate of drug-likeness (QED) is 0.602. The van der Waals surface area contributed by atoms with Crippen molar-refractivity contribution in [2.45, 2.75) is 26.6 Å². The van der Waals surface area contributed by atoms with Gasteiger partial charge in [0, 0.05) is 23.7 Å². The molecule has 0 saturated carbocycles. The van der Waals surface area contributed by atoms with Crippen LogP contribution in [0.1, 0.15) is 18.1 Å². The summed E-state index contributed by atoms with van der Waals surface area (Å²) in [5, 5.41) is 15.8. The van der Waals surface area contributed by atoms with Crippen LogP contribution in [0.25, 0.3) is 0 Å². The number of aryl methyl sites for hydroxylation is 1. The molecule has 2 aromatic carbocycles. The fourth-order valence-electron chi connectivity index (χ4n) is 2.51. The zero-order valence-corrected chi connectivity index (χ0v) is 16.5. The Hall–Kier alpha value is -2.51. The summed E-state index contributed by atoms with van der Waals surface area (Å²) >= 11 is 12.6. The molecule has 0 atom stereocenters. The second-order valence-corrected chi connectivity index (χ2v) is 6.48. The molecule has 27 heavy (non-hydrogen) atoms. The van der Waals surface area contributed by atoms with Crippen LogP contribution in [0.15, 0.2) is 36.4 Å². The van der Waals surface area contributed by atoms with Crippen LogP contribution in [0.5, 0.6) is 11.5 Å². The predicted molar refractivity (Wildman–Crippen MR) is 105 cm³/mol. The Morgan fingerprint density at radius 1 is 1.15 bits per heavy atom. The van der Waals surface area contributed by atoms with Crippen molar-refractivity contribution in [3.63, 3.8) is 0 Å². The average molecular weight is 408 g/mol. The van der Waals surface area contributed by atoms with Crippen LogP contribution in [0, 0.1) is 0 Å². The van der Waals surface area contributed by atoms with Crippen LogP contribution >= 0.6 is 23.2 Å². The summed E-state index contributed by atoms with van der Waals surface area (Å²) < 4.78 is 13.0. The zero-order chi connectivity index (χ0) is 19.2. The Labute approximate surface area is 167 Å². The van der Waals surface area contributed by atoms with Crippen molar-refractivity contribution >= 4 is 29.2 Å². The van der Waals surface area contributed by atoms with Crippen LogP contribution < -0.4 is 14.8 Å². The molecule has 0 spiro atoms. The largest absolute Gasteiger partial charge is 0.493 e. The third-order valence-electron chi connectivity index (χ3n) is 3.90. The molecule has 1 aromatic heterocycles. The van der Waals surface area contributed by atoms with Crippen molar-refractivity contribution in [3.8, 4) is 11.5 Å². The Kier molecular flexibility index (Phi) is 6.36. The maximum Gasteiger partial charge on any atom is 0.243 e. The van der Waals surface area contributed by atoms with Crippen molar-refractivity contribution < 1.29 is 9.47 Å². The highest BCUT2D eigenvalue weighted by Gasteiger charge is 2.14. The molecule has 0 saturated heterocycles. The molecule has 0 unspecified atom stereocenters. The molecule has 142 valence electrons. The predicted octanol–water partition coefficient (Wildman–Crippen LogP) is 4.20. The van der Waals surface area contributed by atoms with Gasteiger partial charge in [-0.2, -0.15) is 0 Å². The molecule has 0 fully saturated rings. The summed E-state index contributed by atoms with van der Waals surface area (Å²) in [5.41, 5.74) is 1.78. The molecule has 0 aliphatic heterocycles. The van der Waals surface area contributed by atoms with Crippen molar-refractivity contribution in [1.82, 2.24) is 20.2 Å². The highest BCUT2D eigenvalue weighted by Crippen LogP contribution is 2.37. The number of methoxy groups -OCH3 is 1. The summed E-state index contributed by atoms with van der Waals surface area (Å²) in [6.45, 7) is 3.42. The summed E-state index contributed by atoms with van der Waals surface area (Å²) in [6.07, 6.45) is 0. The number of hydrogen-bond donors (Lipinski definition) is 1. The lowest BCUT2D eigenvalue weighted by atomic mass is 10.2. The molecular weight excluding hydrogens is 389 g/mol. The fraction of sp³-hybridized carbons (Fsp3) is 0.278. The zero-order valence-electron chi connectivity index (χ0n) is 14.9. The molecular formula is C18H19Cl2N5O2. The minimum atomic E-state index is 0.290. The summed E-state index contributed by atoms with van der Waals surface area (Å²) in [6, 6.07) is 11.2. The van der Waals surface area contributed by atoms with E-state index in [0.29, 0.717) is 47.2 Å². The maximum absolute atomic E-state index is 6.43. The van der Waals surface area contributed by atoms with Gasteiger partial charge in [-0.1, -0.05) is 46.5 Å². The first-order valence-electron chi connectivity index (χ1n) is 8.35. The van der Waals surface area contributed by atoms with Crippen molar-refractivity contribution in [2.75, 3.05) is 12.4 Å². The summed E-state index contributed by atoms with van der Waals surface area (Å²) in [5.74, 6) is 1.61. The van der Waals surface area contributed by atoms with Crippen LogP contribution in [0.4, 0.5) is 5.95 Å². The molecule has 0 radical (unpaired) electrons. The number of nitrogens with zero attached hydrogens (tertiary/aromatic N) is 4. The summed E-state index contributed by atoms with van der Waals surface area (Å²) in [4.78, 5) is 0. The smallest absolute Gasteiger partial charge is 0.243 e. The SMILES string of the molecule is CCn1nnnc1NCc1cc(Cl)c(OCc2ccccc2Cl)c(OC)c1. The second-order valence-electron chi connectivity index (χ2n) is 5.66. The molecule has 3 aromatic rings. The second kappa shape index (κ2) is 8.92. The van der Waals surface area contributed by atoms with Crippen LogP contribution in [0.3, 0.4) is 0 Å². The van der Waals surface area contributed by atoms with E-state index in [4.69, 9.17) is 32.7 Å². The Morgan fingerprint density at radius 2 is 1.96 bits per heavy atom. The third kappa shape index (κ3) is 4.61. The average Bonchev–Trinajstić information content (AvgIpc) is 3.14. The molecule has 3 rings (SSSR count). The molecule has 0 bridgehead atoms. The minimum Gasteiger partial charge on any atom is -0.493 e. The van der Waals surface area contributed by atoms with Gasteiger partial charge in [-0.25, -0.2) is 4.68 Å². The Bertz CT molecular complexity index is 917. The number of ether oxygens (including phenoxy) is 2. The first-order chi connectivity index (χ1) is 13.1. The lowest BCUT2D eigenvalue weighted by Crippen LogP contribution is -2.08. The Morgan fingerprint density at radius 3 is 2.70 bits per heavy atom. The number of halogens is 2. The van der Waals surface area contributed by atoms with Crippen LogP contribution in [0.2, 0.25) is 10.0 Å². The standard InChI is InChI=1S/C18H19Cl2N5O2/c1-3-25-18(22-23-24-25)21-10-12-8-15(20)17(16(9-12)26-2)27-11-13-6-4-5-7-14(13)19/h4-9H,3,10-11H2,1-2H3,(H,21,22,24). The topological polar surface area (TPSA) is 74.1 Å². The number of rotatable bonds is 8. The molecule has 0 aliphatic carbocycles. The van der Waals surface area contributed by atoms with Crippen LogP contribution in [-0.4, -0.2) is 27.3 Å². The van der Waals surface area contributed by atoms with Gasteiger partial charge in [0.05, 0.1) is 12.1 Å². The number of anilines is 1. The minimum absolute atomic E-state index is 0.290. The number of benzene rings is 2. The molecule has 7 nitrogen and oxygen atoms in total. The van der Waals surface area contributed by atoms with Gasteiger partial charge in [0.25, 0.3) is 0 Å². The molecule has 0 amide bonds. The first kappa shape index (κ1) is 19.3. The van der Waals surface area contributed by atoms with Gasteiger partial charge in [0.1, 0.15) is 6.61 Å². The molecule has 1 N–H and O–H groups in total. The monoisotopic (exact) mass is 407 g/mol. The van der Waals surface area contributed by atoms with Gasteiger partial charge in [-0.3, -0.25) is 0 Å². The number of hydrogen-bond acceptors (Lipinski definition) is 6. The fourth-order valence-corrected chi connectivity index (χ4v) is 2.98. The van der Waals surface area contributed by atoms with E-state index >= 15 is 0 Å². The number of nitrogens with one attached hydrogen (secondary N) is 1. The van der Waals surface area contributed by atoms with E-state index < -0.39 is 0 Å². The van der Waals surface area contributed by atoms with Gasteiger partial charge in [0.15, 0.2) is 11.5 Å². The van der Waals surface area contributed by atoms with Gasteiger partial charge in [0.2, 0.25) is 5.95 Å². The van der Waals surface area contributed by atoms with Crippen molar-refractivity contribution in [2.24, 2.45) is 0 Å². The first-order valence-corrected chi connectivity index (χ1v) is 9.10. The van der Waals surface area contributed by atoms with E-state index in [1.807, 2.05) is 43.3 Å². The lowest BCUT2D eigenvalue weighted by molar-refractivity contribution is 0.284. The van der Waals surface area contributed by atoms with E-state index in [9.17, 15) is 0 Å². The maximum atomic E-state index is 6.43. The molecule has 0 aliphatic rings. The van der Waals surface area contributed by atoms with E-state index in [0.717, 1.165) is 11.1 Å². The highest BCUT2D eigenvalue weighted by atomic mass is 35.5. The number of tetrazole rings is 1. The molecule has 1 heterocycles. The highest BCUT2D eigenvalue weighted by molar-refractivity contribution is 6.32. The summed E-state index contributed by atoms with van der Waals surface area (Å²) in [7, 11) is 1.57. The lowest BCUT2D eigenvalue weighted by Gasteiger charge is -2.15. The van der Waals surface area contributed by atoms with Gasteiger partial charge >= 0.3 is 0 Å². The van der Waals surface area contributed by atoms with Gasteiger partial charge in [-0.05, 0) is 41.1 Å². The van der Waals surface area contributed by atoms with E-state index in [1.165, 1.54) is 0 Å². The van der Waals surface area contributed by atoms with E-state index in [2.05, 4.69) is 20.8 Å². The van der Waals surface area contributed by atoms with Gasteiger partial charge in [-0.15, -0.1) is 0 Å². The van der Waals surface area contributed by atoms with Crippen molar-refractivity contribution in [3.05, 3.63) is 57.6 Å². The van der Waals surface area contributed by atoms with E-state index in [-0.39, 0.29) is 0 Å². The molecule has 9 heteroatoms. The Balaban J connectivity index is 1.73. The van der Waals surface area contributed by atoms with Crippen molar-refractivity contribution in [1.29, 1.82) is 0 Å². The normalized spacial score (nSPS) is 10.7. The number of aromatic nitrogens is 4. The van der Waals surface area contributed by atoms with Crippen LogP contribution in [-0.2, 0) is 19.7 Å². The van der Waals surface area contributed by atoms with E-state index in [1.54, 1.807) is 11.8 Å².